The van der Waals surface area contributed by atoms with Gasteiger partial charge >= 0.3 is 0 Å². The Morgan fingerprint density at radius 1 is 1.14 bits per heavy atom. The van der Waals surface area contributed by atoms with Crippen molar-refractivity contribution in [3.05, 3.63) is 40.3 Å². The zero-order valence-corrected chi connectivity index (χ0v) is 13.4. The number of rotatable bonds is 3. The van der Waals surface area contributed by atoms with Crippen LogP contribution in [0.2, 0.25) is 5.15 Å². The SMILES string of the molecule is Cc1cc(N)c(C)c(S(=O)(=O)Nc2cc(Cl)ncn2)c1C. The molecule has 0 bridgehead atoms. The highest BCUT2D eigenvalue weighted by molar-refractivity contribution is 7.92. The molecule has 2 aromatic rings. The third-order valence-electron chi connectivity index (χ3n) is 3.22. The van der Waals surface area contributed by atoms with Crippen LogP contribution < -0.4 is 10.5 Å². The Balaban J connectivity index is 2.55. The molecule has 1 aromatic heterocycles. The largest absolute Gasteiger partial charge is 0.398 e. The number of nitrogens with zero attached hydrogens (tertiary/aromatic N) is 2. The van der Waals surface area contributed by atoms with E-state index in [1.165, 1.54) is 12.4 Å². The van der Waals surface area contributed by atoms with Crippen LogP contribution in [-0.2, 0) is 10.0 Å². The number of aromatic nitrogens is 2. The number of halogens is 1. The minimum absolute atomic E-state index is 0.105. The van der Waals surface area contributed by atoms with E-state index in [9.17, 15) is 8.42 Å². The summed E-state index contributed by atoms with van der Waals surface area (Å²) in [6.45, 7) is 5.22. The van der Waals surface area contributed by atoms with E-state index >= 15 is 0 Å². The summed E-state index contributed by atoms with van der Waals surface area (Å²) < 4.78 is 27.6. The summed E-state index contributed by atoms with van der Waals surface area (Å²) in [7, 11) is -3.82. The lowest BCUT2D eigenvalue weighted by atomic mass is 10.1. The van der Waals surface area contributed by atoms with Crippen LogP contribution in [0.15, 0.2) is 23.4 Å². The first-order valence-corrected chi connectivity index (χ1v) is 7.95. The molecule has 0 aliphatic heterocycles. The summed E-state index contributed by atoms with van der Waals surface area (Å²) in [4.78, 5) is 7.70. The number of aryl methyl sites for hydroxylation is 1. The fourth-order valence-electron chi connectivity index (χ4n) is 2.02. The average Bonchev–Trinajstić information content (AvgIpc) is 2.35. The Labute approximate surface area is 128 Å². The van der Waals surface area contributed by atoms with Gasteiger partial charge in [-0.15, -0.1) is 0 Å². The van der Waals surface area contributed by atoms with Crippen LogP contribution in [0.5, 0.6) is 0 Å². The van der Waals surface area contributed by atoms with Gasteiger partial charge in [0.2, 0.25) is 0 Å². The lowest BCUT2D eigenvalue weighted by Crippen LogP contribution is -2.18. The Kier molecular flexibility index (Phi) is 4.06. The van der Waals surface area contributed by atoms with E-state index in [4.69, 9.17) is 17.3 Å². The van der Waals surface area contributed by atoms with Crippen LogP contribution in [0.25, 0.3) is 0 Å². The van der Waals surface area contributed by atoms with Crippen molar-refractivity contribution in [3.63, 3.8) is 0 Å². The normalized spacial score (nSPS) is 11.4. The van der Waals surface area contributed by atoms with Crippen LogP contribution in [0.4, 0.5) is 11.5 Å². The van der Waals surface area contributed by atoms with Gasteiger partial charge < -0.3 is 5.73 Å². The molecule has 0 amide bonds. The monoisotopic (exact) mass is 326 g/mol. The molecule has 8 heteroatoms. The van der Waals surface area contributed by atoms with Crippen LogP contribution in [0, 0.1) is 20.8 Å². The lowest BCUT2D eigenvalue weighted by Gasteiger charge is -2.16. The summed E-state index contributed by atoms with van der Waals surface area (Å²) in [6, 6.07) is 3.09. The van der Waals surface area contributed by atoms with Crippen molar-refractivity contribution in [2.75, 3.05) is 10.5 Å². The molecule has 1 heterocycles. The van der Waals surface area contributed by atoms with Crippen molar-refractivity contribution in [1.82, 2.24) is 9.97 Å². The van der Waals surface area contributed by atoms with Gasteiger partial charge in [-0.1, -0.05) is 11.6 Å². The van der Waals surface area contributed by atoms with Gasteiger partial charge in [0.1, 0.15) is 17.3 Å². The van der Waals surface area contributed by atoms with Crippen LogP contribution >= 0.6 is 11.6 Å². The molecule has 1 aromatic carbocycles. The maximum Gasteiger partial charge on any atom is 0.263 e. The molecular formula is C13H15ClN4O2S. The zero-order valence-electron chi connectivity index (χ0n) is 11.8. The highest BCUT2D eigenvalue weighted by Gasteiger charge is 2.23. The van der Waals surface area contributed by atoms with Crippen molar-refractivity contribution in [2.45, 2.75) is 25.7 Å². The number of hydrogen-bond acceptors (Lipinski definition) is 5. The molecular weight excluding hydrogens is 312 g/mol. The van der Waals surface area contributed by atoms with E-state index < -0.39 is 10.0 Å². The number of nitrogens with one attached hydrogen (secondary N) is 1. The second kappa shape index (κ2) is 5.50. The quantitative estimate of drug-likeness (QED) is 0.666. The minimum Gasteiger partial charge on any atom is -0.398 e. The molecule has 21 heavy (non-hydrogen) atoms. The maximum absolute atomic E-state index is 12.6. The predicted octanol–water partition coefficient (Wildman–Crippen LogP) is 2.44. The van der Waals surface area contributed by atoms with Gasteiger partial charge in [0.25, 0.3) is 10.0 Å². The smallest absolute Gasteiger partial charge is 0.263 e. The number of nitrogen functional groups attached to an aromatic ring is 1. The zero-order chi connectivity index (χ0) is 15.8. The first-order valence-electron chi connectivity index (χ1n) is 6.09. The summed E-state index contributed by atoms with van der Waals surface area (Å²) in [5.74, 6) is 0.105. The Morgan fingerprint density at radius 2 is 1.81 bits per heavy atom. The second-order valence-corrected chi connectivity index (χ2v) is 6.70. The molecule has 0 unspecified atom stereocenters. The van der Waals surface area contributed by atoms with Crippen LogP contribution in [-0.4, -0.2) is 18.4 Å². The van der Waals surface area contributed by atoms with Crippen molar-refractivity contribution in [3.8, 4) is 0 Å². The first-order chi connectivity index (χ1) is 9.72. The molecule has 0 aliphatic rings. The highest BCUT2D eigenvalue weighted by Crippen LogP contribution is 2.29. The summed E-state index contributed by atoms with van der Waals surface area (Å²) in [6.07, 6.45) is 1.19. The van der Waals surface area contributed by atoms with E-state index in [2.05, 4.69) is 14.7 Å². The second-order valence-electron chi connectivity index (χ2n) is 4.69. The third kappa shape index (κ3) is 3.08. The topological polar surface area (TPSA) is 98.0 Å². The molecule has 0 radical (unpaired) electrons. The molecule has 0 saturated carbocycles. The minimum atomic E-state index is -3.82. The standard InChI is InChI=1S/C13H15ClN4O2S/c1-7-4-10(15)9(3)13(8(7)2)21(19,20)18-12-5-11(14)16-6-17-12/h4-6H,15H2,1-3H3,(H,16,17,18). The lowest BCUT2D eigenvalue weighted by molar-refractivity contribution is 0.599. The number of nitrogens with two attached hydrogens (primary N) is 1. The van der Waals surface area contributed by atoms with E-state index in [-0.39, 0.29) is 15.9 Å². The van der Waals surface area contributed by atoms with Gasteiger partial charge in [-0.2, -0.15) is 0 Å². The fourth-order valence-corrected chi connectivity index (χ4v) is 3.74. The Hall–Kier alpha value is -1.86. The number of benzene rings is 1. The third-order valence-corrected chi connectivity index (χ3v) is 5.05. The van der Waals surface area contributed by atoms with E-state index in [0.29, 0.717) is 16.8 Å². The Bertz CT molecular complexity index is 780. The summed E-state index contributed by atoms with van der Waals surface area (Å²) in [5, 5.41) is 0.153. The van der Waals surface area contributed by atoms with Gasteiger partial charge in [0, 0.05) is 11.8 Å². The Morgan fingerprint density at radius 3 is 2.43 bits per heavy atom. The highest BCUT2D eigenvalue weighted by atomic mass is 35.5. The van der Waals surface area contributed by atoms with E-state index in [1.54, 1.807) is 19.9 Å². The molecule has 112 valence electrons. The summed E-state index contributed by atoms with van der Waals surface area (Å²) >= 11 is 5.73. The molecule has 0 saturated heterocycles. The molecule has 0 atom stereocenters. The van der Waals surface area contributed by atoms with Gasteiger partial charge in [0.05, 0.1) is 4.90 Å². The fraction of sp³-hybridized carbons (Fsp3) is 0.231. The molecule has 0 aliphatic carbocycles. The van der Waals surface area contributed by atoms with Gasteiger partial charge in [-0.25, -0.2) is 18.4 Å². The molecule has 6 nitrogen and oxygen atoms in total. The molecule has 3 N–H and O–H groups in total. The van der Waals surface area contributed by atoms with Gasteiger partial charge in [0.15, 0.2) is 0 Å². The van der Waals surface area contributed by atoms with Crippen molar-refractivity contribution < 1.29 is 8.42 Å². The van der Waals surface area contributed by atoms with Crippen LogP contribution in [0.3, 0.4) is 0 Å². The number of hydrogen-bond donors (Lipinski definition) is 2. The molecule has 0 fully saturated rings. The van der Waals surface area contributed by atoms with E-state index in [1.807, 2.05) is 6.92 Å². The maximum atomic E-state index is 12.6. The van der Waals surface area contributed by atoms with Gasteiger partial charge in [-0.05, 0) is 43.5 Å². The van der Waals surface area contributed by atoms with Gasteiger partial charge in [-0.3, -0.25) is 4.72 Å². The first kappa shape index (κ1) is 15.5. The average molecular weight is 327 g/mol. The van der Waals surface area contributed by atoms with Crippen molar-refractivity contribution in [1.29, 1.82) is 0 Å². The predicted molar refractivity (Wildman–Crippen MR) is 82.9 cm³/mol. The number of anilines is 2. The van der Waals surface area contributed by atoms with Crippen molar-refractivity contribution in [2.24, 2.45) is 0 Å². The number of sulfonamides is 1. The van der Waals surface area contributed by atoms with Crippen LogP contribution in [0.1, 0.15) is 16.7 Å². The molecule has 0 spiro atoms. The van der Waals surface area contributed by atoms with E-state index in [0.717, 1.165) is 5.56 Å². The van der Waals surface area contributed by atoms with Crippen molar-refractivity contribution >= 4 is 33.1 Å². The molecule has 2 rings (SSSR count). The summed E-state index contributed by atoms with van der Waals surface area (Å²) in [5.41, 5.74) is 8.25.